The number of carboxylic acids is 1. The highest BCUT2D eigenvalue weighted by atomic mass is 16.5. The lowest BCUT2D eigenvalue weighted by atomic mass is 10.0. The van der Waals surface area contributed by atoms with Crippen molar-refractivity contribution in [3.63, 3.8) is 0 Å². The van der Waals surface area contributed by atoms with Crippen molar-refractivity contribution in [2.75, 3.05) is 13.7 Å². The quantitative estimate of drug-likeness (QED) is 0.813. The van der Waals surface area contributed by atoms with Crippen molar-refractivity contribution in [1.29, 1.82) is 0 Å². The van der Waals surface area contributed by atoms with Crippen LogP contribution >= 0.6 is 0 Å². The van der Waals surface area contributed by atoms with Gasteiger partial charge in [-0.3, -0.25) is 9.59 Å². The fraction of sp³-hybridized carbons (Fsp3) is 0.500. The second kappa shape index (κ2) is 8.00. The van der Waals surface area contributed by atoms with Crippen LogP contribution in [0.3, 0.4) is 0 Å². The number of carboxylic acid groups (broad SMARTS) is 1. The van der Waals surface area contributed by atoms with Crippen molar-refractivity contribution in [2.24, 2.45) is 5.92 Å². The molecule has 1 fully saturated rings. The molecule has 2 amide bonds. The summed E-state index contributed by atoms with van der Waals surface area (Å²) in [7, 11) is 1.47. The van der Waals surface area contributed by atoms with E-state index < -0.39 is 24.0 Å². The Balaban J connectivity index is 2.19. The topological polar surface area (TPSA) is 95.9 Å². The number of ether oxygens (including phenoxy) is 1. The predicted octanol–water partition coefficient (Wildman–Crippen LogP) is 1.53. The molecule has 0 spiro atoms. The van der Waals surface area contributed by atoms with Gasteiger partial charge in [-0.2, -0.15) is 0 Å². The van der Waals surface area contributed by atoms with Crippen molar-refractivity contribution in [3.05, 3.63) is 29.8 Å². The van der Waals surface area contributed by atoms with E-state index in [1.807, 2.05) is 13.8 Å². The molecule has 0 saturated carbocycles. The summed E-state index contributed by atoms with van der Waals surface area (Å²) < 4.78 is 5.18. The first-order valence-corrected chi connectivity index (χ1v) is 8.34. The van der Waals surface area contributed by atoms with E-state index in [4.69, 9.17) is 4.74 Å². The van der Waals surface area contributed by atoms with Gasteiger partial charge in [-0.15, -0.1) is 0 Å². The van der Waals surface area contributed by atoms with E-state index in [1.165, 1.54) is 12.0 Å². The number of benzene rings is 1. The number of carbonyl (C=O) groups is 3. The number of hydrogen-bond acceptors (Lipinski definition) is 4. The zero-order chi connectivity index (χ0) is 18.6. The zero-order valence-electron chi connectivity index (χ0n) is 14.7. The third kappa shape index (κ3) is 4.10. The molecule has 2 N–H and O–H groups in total. The molecule has 1 aromatic rings. The Morgan fingerprint density at radius 3 is 2.56 bits per heavy atom. The average Bonchev–Trinajstić information content (AvgIpc) is 3.08. The van der Waals surface area contributed by atoms with Gasteiger partial charge in [0, 0.05) is 6.54 Å². The predicted molar refractivity (Wildman–Crippen MR) is 91.5 cm³/mol. The summed E-state index contributed by atoms with van der Waals surface area (Å²) in [6.07, 6.45) is 1.08. The summed E-state index contributed by atoms with van der Waals surface area (Å²) in [4.78, 5) is 38.1. The molecule has 1 aromatic carbocycles. The molecule has 136 valence electrons. The largest absolute Gasteiger partial charge is 0.496 e. The van der Waals surface area contributed by atoms with E-state index in [9.17, 15) is 19.5 Å². The fourth-order valence-corrected chi connectivity index (χ4v) is 3.03. The number of amides is 2. The summed E-state index contributed by atoms with van der Waals surface area (Å²) >= 11 is 0. The second-order valence-electron chi connectivity index (χ2n) is 6.42. The molecular weight excluding hydrogens is 324 g/mol. The van der Waals surface area contributed by atoms with Gasteiger partial charge >= 0.3 is 5.97 Å². The van der Waals surface area contributed by atoms with Crippen LogP contribution in [-0.2, 0) is 9.59 Å². The molecule has 2 rings (SSSR count). The second-order valence-corrected chi connectivity index (χ2v) is 6.42. The van der Waals surface area contributed by atoms with Gasteiger partial charge in [0.2, 0.25) is 5.91 Å². The first-order chi connectivity index (χ1) is 11.9. The highest BCUT2D eigenvalue weighted by molar-refractivity contribution is 6.00. The zero-order valence-corrected chi connectivity index (χ0v) is 14.7. The maximum atomic E-state index is 12.8. The van der Waals surface area contributed by atoms with Gasteiger partial charge in [-0.25, -0.2) is 4.79 Å². The lowest BCUT2D eigenvalue weighted by Gasteiger charge is -2.29. The van der Waals surface area contributed by atoms with Crippen LogP contribution in [0.4, 0.5) is 0 Å². The number of rotatable bonds is 6. The SMILES string of the molecule is COc1ccccc1C(=O)N[C@H](C(=O)N1CCC[C@H]1C(=O)O)C(C)C. The van der Waals surface area contributed by atoms with Gasteiger partial charge in [0.15, 0.2) is 0 Å². The molecule has 0 aliphatic carbocycles. The molecule has 0 bridgehead atoms. The van der Waals surface area contributed by atoms with Crippen LogP contribution in [0.15, 0.2) is 24.3 Å². The first-order valence-electron chi connectivity index (χ1n) is 8.34. The van der Waals surface area contributed by atoms with Crippen LogP contribution in [-0.4, -0.2) is 53.5 Å². The number of likely N-dealkylation sites (tertiary alicyclic amines) is 1. The van der Waals surface area contributed by atoms with Crippen molar-refractivity contribution in [3.8, 4) is 5.75 Å². The highest BCUT2D eigenvalue weighted by Crippen LogP contribution is 2.22. The summed E-state index contributed by atoms with van der Waals surface area (Å²) in [6, 6.07) is 5.13. The van der Waals surface area contributed by atoms with Gasteiger partial charge in [0.1, 0.15) is 17.8 Å². The smallest absolute Gasteiger partial charge is 0.326 e. The standard InChI is InChI=1S/C18H24N2O5/c1-11(2)15(17(22)20-10-6-8-13(20)18(23)24)19-16(21)12-7-4-5-9-14(12)25-3/h4-5,7,9,11,13,15H,6,8,10H2,1-3H3,(H,19,21)(H,23,24)/t13-,15-/m0/s1. The Morgan fingerprint density at radius 2 is 1.96 bits per heavy atom. The molecule has 7 heteroatoms. The van der Waals surface area contributed by atoms with Crippen molar-refractivity contribution < 1.29 is 24.2 Å². The number of methoxy groups -OCH3 is 1. The maximum Gasteiger partial charge on any atom is 0.326 e. The monoisotopic (exact) mass is 348 g/mol. The molecule has 0 aromatic heterocycles. The lowest BCUT2D eigenvalue weighted by Crippen LogP contribution is -2.53. The van der Waals surface area contributed by atoms with Crippen LogP contribution in [0, 0.1) is 5.92 Å². The fourth-order valence-electron chi connectivity index (χ4n) is 3.03. The molecule has 7 nitrogen and oxygen atoms in total. The normalized spacial score (nSPS) is 18.1. The number of nitrogens with zero attached hydrogens (tertiary/aromatic N) is 1. The molecule has 1 aliphatic rings. The number of aliphatic carboxylic acids is 1. The molecule has 0 unspecified atom stereocenters. The van der Waals surface area contributed by atoms with E-state index in [0.29, 0.717) is 30.7 Å². The van der Waals surface area contributed by atoms with Crippen LogP contribution in [0.1, 0.15) is 37.0 Å². The molecule has 1 saturated heterocycles. The summed E-state index contributed by atoms with van der Waals surface area (Å²) in [6.45, 7) is 4.03. The molecule has 0 radical (unpaired) electrons. The van der Waals surface area contributed by atoms with E-state index >= 15 is 0 Å². The van der Waals surface area contributed by atoms with Gasteiger partial charge in [-0.1, -0.05) is 26.0 Å². The molecule has 1 aliphatic heterocycles. The van der Waals surface area contributed by atoms with Gasteiger partial charge in [0.25, 0.3) is 5.91 Å². The first kappa shape index (κ1) is 18.8. The number of para-hydroxylation sites is 1. The highest BCUT2D eigenvalue weighted by Gasteiger charge is 2.38. The molecule has 1 heterocycles. The minimum atomic E-state index is -1.01. The Bertz CT molecular complexity index is 659. The number of carbonyl (C=O) groups excluding carboxylic acids is 2. The Morgan fingerprint density at radius 1 is 1.28 bits per heavy atom. The van der Waals surface area contributed by atoms with E-state index in [0.717, 1.165) is 0 Å². The Hall–Kier alpha value is -2.57. The van der Waals surface area contributed by atoms with Crippen molar-refractivity contribution in [2.45, 2.75) is 38.8 Å². The molecular formula is C18H24N2O5. The van der Waals surface area contributed by atoms with Crippen molar-refractivity contribution in [1.82, 2.24) is 10.2 Å². The third-order valence-corrected chi connectivity index (χ3v) is 4.39. The van der Waals surface area contributed by atoms with Gasteiger partial charge < -0.3 is 20.1 Å². The van der Waals surface area contributed by atoms with Gasteiger partial charge in [0.05, 0.1) is 12.7 Å². The lowest BCUT2D eigenvalue weighted by molar-refractivity contribution is -0.149. The minimum Gasteiger partial charge on any atom is -0.496 e. The summed E-state index contributed by atoms with van der Waals surface area (Å²) in [5, 5.41) is 12.0. The molecule has 2 atom stereocenters. The Labute approximate surface area is 147 Å². The Kier molecular flexibility index (Phi) is 6.01. The van der Waals surface area contributed by atoms with Crippen LogP contribution < -0.4 is 10.1 Å². The van der Waals surface area contributed by atoms with Crippen LogP contribution in [0.2, 0.25) is 0 Å². The minimum absolute atomic E-state index is 0.179. The van der Waals surface area contributed by atoms with Crippen molar-refractivity contribution >= 4 is 17.8 Å². The summed E-state index contributed by atoms with van der Waals surface area (Å²) in [5.41, 5.74) is 0.333. The number of hydrogen-bond donors (Lipinski definition) is 2. The molecule has 25 heavy (non-hydrogen) atoms. The van der Waals surface area contributed by atoms with E-state index in [-0.39, 0.29) is 11.8 Å². The van der Waals surface area contributed by atoms with E-state index in [2.05, 4.69) is 5.32 Å². The van der Waals surface area contributed by atoms with Crippen LogP contribution in [0.25, 0.3) is 0 Å². The average molecular weight is 348 g/mol. The van der Waals surface area contributed by atoms with Gasteiger partial charge in [-0.05, 0) is 30.9 Å². The number of nitrogens with one attached hydrogen (secondary N) is 1. The van der Waals surface area contributed by atoms with Crippen LogP contribution in [0.5, 0.6) is 5.75 Å². The van der Waals surface area contributed by atoms with E-state index in [1.54, 1.807) is 24.3 Å². The maximum absolute atomic E-state index is 12.8. The summed E-state index contributed by atoms with van der Waals surface area (Å²) in [5.74, 6) is -1.55. The third-order valence-electron chi connectivity index (χ3n) is 4.39.